The van der Waals surface area contributed by atoms with E-state index in [1.54, 1.807) is 0 Å². The van der Waals surface area contributed by atoms with Gasteiger partial charge in [0.2, 0.25) is 0 Å². The van der Waals surface area contributed by atoms with Crippen molar-refractivity contribution in [1.29, 1.82) is 0 Å². The van der Waals surface area contributed by atoms with Crippen LogP contribution in [0.1, 0.15) is 31.7 Å². The van der Waals surface area contributed by atoms with Crippen LogP contribution in [0, 0.1) is 0 Å². The Hall–Kier alpha value is -1.26. The molecule has 1 aromatic carbocycles. The van der Waals surface area contributed by atoms with Crippen LogP contribution < -0.4 is 16.0 Å². The fourth-order valence-electron chi connectivity index (χ4n) is 2.44. The van der Waals surface area contributed by atoms with Crippen molar-refractivity contribution in [2.45, 2.75) is 38.6 Å². The SMILES string of the molecule is CCCc1ccccc1NC(=O)NC[C@@H]1CCCN1.Cl. The van der Waals surface area contributed by atoms with Crippen LogP contribution in [-0.4, -0.2) is 25.2 Å². The Kier molecular flexibility index (Phi) is 7.41. The Bertz CT molecular complexity index is 419. The fourth-order valence-corrected chi connectivity index (χ4v) is 2.44. The highest BCUT2D eigenvalue weighted by molar-refractivity contribution is 5.90. The molecule has 0 saturated carbocycles. The highest BCUT2D eigenvalue weighted by atomic mass is 35.5. The van der Waals surface area contributed by atoms with Crippen LogP contribution in [0.3, 0.4) is 0 Å². The van der Waals surface area contributed by atoms with Gasteiger partial charge in [0.05, 0.1) is 0 Å². The summed E-state index contributed by atoms with van der Waals surface area (Å²) in [6, 6.07) is 8.30. The van der Waals surface area contributed by atoms with Crippen molar-refractivity contribution in [3.63, 3.8) is 0 Å². The third-order valence-electron chi connectivity index (χ3n) is 3.46. The fraction of sp³-hybridized carbons (Fsp3) is 0.533. The number of hydrogen-bond donors (Lipinski definition) is 3. The molecular formula is C15H24ClN3O. The first-order chi connectivity index (χ1) is 9.29. The van der Waals surface area contributed by atoms with Crippen LogP contribution in [-0.2, 0) is 6.42 Å². The Balaban J connectivity index is 0.00000200. The molecule has 2 rings (SSSR count). The predicted molar refractivity (Wildman–Crippen MR) is 85.7 cm³/mol. The van der Waals surface area contributed by atoms with Crippen molar-refractivity contribution in [2.24, 2.45) is 0 Å². The van der Waals surface area contributed by atoms with E-state index in [0.29, 0.717) is 12.6 Å². The summed E-state index contributed by atoms with van der Waals surface area (Å²) >= 11 is 0. The molecule has 20 heavy (non-hydrogen) atoms. The molecule has 0 bridgehead atoms. The lowest BCUT2D eigenvalue weighted by Crippen LogP contribution is -2.39. The minimum Gasteiger partial charge on any atom is -0.336 e. The van der Waals surface area contributed by atoms with E-state index in [1.165, 1.54) is 12.0 Å². The lowest BCUT2D eigenvalue weighted by atomic mass is 10.1. The van der Waals surface area contributed by atoms with E-state index >= 15 is 0 Å². The van der Waals surface area contributed by atoms with Crippen LogP contribution in [0.5, 0.6) is 0 Å². The molecule has 2 amide bonds. The summed E-state index contributed by atoms with van der Waals surface area (Å²) in [5.74, 6) is 0. The van der Waals surface area contributed by atoms with E-state index in [2.05, 4.69) is 28.9 Å². The first kappa shape index (κ1) is 16.8. The third kappa shape index (κ3) is 5.02. The Morgan fingerprint density at radius 2 is 2.20 bits per heavy atom. The number of hydrogen-bond acceptors (Lipinski definition) is 2. The van der Waals surface area contributed by atoms with Crippen molar-refractivity contribution in [1.82, 2.24) is 10.6 Å². The summed E-state index contributed by atoms with van der Waals surface area (Å²) in [5.41, 5.74) is 2.11. The maximum absolute atomic E-state index is 11.9. The normalized spacial score (nSPS) is 17.4. The smallest absolute Gasteiger partial charge is 0.319 e. The van der Waals surface area contributed by atoms with Gasteiger partial charge in [0.15, 0.2) is 0 Å². The van der Waals surface area contributed by atoms with Gasteiger partial charge in [-0.15, -0.1) is 12.4 Å². The van der Waals surface area contributed by atoms with Crippen molar-refractivity contribution in [3.8, 4) is 0 Å². The number of carbonyl (C=O) groups is 1. The van der Waals surface area contributed by atoms with Crippen molar-refractivity contribution >= 4 is 24.1 Å². The minimum atomic E-state index is -0.114. The van der Waals surface area contributed by atoms with Crippen molar-refractivity contribution in [2.75, 3.05) is 18.4 Å². The number of halogens is 1. The van der Waals surface area contributed by atoms with Crippen LogP contribution in [0.25, 0.3) is 0 Å². The van der Waals surface area contributed by atoms with E-state index in [1.807, 2.05) is 18.2 Å². The lowest BCUT2D eigenvalue weighted by Gasteiger charge is -2.14. The van der Waals surface area contributed by atoms with Gasteiger partial charge in [-0.25, -0.2) is 4.79 Å². The Labute approximate surface area is 127 Å². The van der Waals surface area contributed by atoms with E-state index in [9.17, 15) is 4.79 Å². The van der Waals surface area contributed by atoms with E-state index in [0.717, 1.165) is 31.5 Å². The van der Waals surface area contributed by atoms with Crippen LogP contribution in [0.2, 0.25) is 0 Å². The summed E-state index contributed by atoms with van der Waals surface area (Å²) in [6.45, 7) is 3.90. The second-order valence-corrected chi connectivity index (χ2v) is 5.04. The number of rotatable bonds is 5. The number of para-hydroxylation sites is 1. The van der Waals surface area contributed by atoms with Crippen LogP contribution >= 0.6 is 12.4 Å². The molecule has 3 N–H and O–H groups in total. The van der Waals surface area contributed by atoms with Gasteiger partial charge in [0.1, 0.15) is 0 Å². The molecule has 0 aliphatic carbocycles. The highest BCUT2D eigenvalue weighted by Crippen LogP contribution is 2.16. The summed E-state index contributed by atoms with van der Waals surface area (Å²) in [6.07, 6.45) is 4.41. The van der Waals surface area contributed by atoms with Gasteiger partial charge in [-0.3, -0.25) is 0 Å². The molecule has 1 fully saturated rings. The molecule has 0 spiro atoms. The van der Waals surface area contributed by atoms with E-state index in [4.69, 9.17) is 0 Å². The molecule has 1 aliphatic rings. The second kappa shape index (κ2) is 8.82. The zero-order chi connectivity index (χ0) is 13.5. The number of carbonyl (C=O) groups excluding carboxylic acids is 1. The maximum Gasteiger partial charge on any atom is 0.319 e. The summed E-state index contributed by atoms with van der Waals surface area (Å²) < 4.78 is 0. The summed E-state index contributed by atoms with van der Waals surface area (Å²) in [7, 11) is 0. The number of urea groups is 1. The van der Waals surface area contributed by atoms with Gasteiger partial charge < -0.3 is 16.0 Å². The topological polar surface area (TPSA) is 53.2 Å². The molecule has 112 valence electrons. The predicted octanol–water partition coefficient (Wildman–Crippen LogP) is 2.93. The number of benzene rings is 1. The zero-order valence-electron chi connectivity index (χ0n) is 11.9. The van der Waals surface area contributed by atoms with Gasteiger partial charge >= 0.3 is 6.03 Å². The van der Waals surface area contributed by atoms with E-state index < -0.39 is 0 Å². The molecule has 0 unspecified atom stereocenters. The number of amides is 2. The lowest BCUT2D eigenvalue weighted by molar-refractivity contribution is 0.251. The van der Waals surface area contributed by atoms with Crippen LogP contribution in [0.4, 0.5) is 10.5 Å². The van der Waals surface area contributed by atoms with E-state index in [-0.39, 0.29) is 18.4 Å². The quantitative estimate of drug-likeness (QED) is 0.783. The third-order valence-corrected chi connectivity index (χ3v) is 3.46. The Morgan fingerprint density at radius 1 is 1.40 bits per heavy atom. The Morgan fingerprint density at radius 3 is 2.90 bits per heavy atom. The van der Waals surface area contributed by atoms with Gasteiger partial charge in [0.25, 0.3) is 0 Å². The maximum atomic E-state index is 11.9. The molecular weight excluding hydrogens is 274 g/mol. The largest absolute Gasteiger partial charge is 0.336 e. The average Bonchev–Trinajstić information content (AvgIpc) is 2.92. The van der Waals surface area contributed by atoms with Gasteiger partial charge in [-0.2, -0.15) is 0 Å². The van der Waals surface area contributed by atoms with Gasteiger partial charge in [-0.05, 0) is 37.4 Å². The molecule has 5 heteroatoms. The molecule has 1 saturated heterocycles. The first-order valence-electron chi connectivity index (χ1n) is 7.15. The monoisotopic (exact) mass is 297 g/mol. The molecule has 1 aliphatic heterocycles. The van der Waals surface area contributed by atoms with Gasteiger partial charge in [0, 0.05) is 18.3 Å². The summed E-state index contributed by atoms with van der Waals surface area (Å²) in [4.78, 5) is 11.9. The standard InChI is InChI=1S/C15H23N3O.ClH/c1-2-6-12-7-3-4-9-14(12)18-15(19)17-11-13-8-5-10-16-13;/h3-4,7,9,13,16H,2,5-6,8,10-11H2,1H3,(H2,17,18,19);1H/t13-;/m0./s1. The number of aryl methyl sites for hydroxylation is 1. The minimum absolute atomic E-state index is 0. The number of anilines is 1. The average molecular weight is 298 g/mol. The summed E-state index contributed by atoms with van der Waals surface area (Å²) in [5, 5.41) is 9.24. The van der Waals surface area contributed by atoms with Crippen LogP contribution in [0.15, 0.2) is 24.3 Å². The molecule has 1 heterocycles. The van der Waals surface area contributed by atoms with Crippen molar-refractivity contribution in [3.05, 3.63) is 29.8 Å². The van der Waals surface area contributed by atoms with Crippen molar-refractivity contribution < 1.29 is 4.79 Å². The first-order valence-corrected chi connectivity index (χ1v) is 7.15. The number of nitrogens with one attached hydrogen (secondary N) is 3. The van der Waals surface area contributed by atoms with Gasteiger partial charge in [-0.1, -0.05) is 31.5 Å². The molecule has 0 aromatic heterocycles. The molecule has 1 aromatic rings. The molecule has 1 atom stereocenters. The second-order valence-electron chi connectivity index (χ2n) is 5.04. The molecule has 0 radical (unpaired) electrons. The zero-order valence-corrected chi connectivity index (χ0v) is 12.8. The highest BCUT2D eigenvalue weighted by Gasteiger charge is 2.14. The molecule has 4 nitrogen and oxygen atoms in total.